The van der Waals surface area contributed by atoms with Crippen LogP contribution in [0.4, 0.5) is 5.69 Å². The minimum atomic E-state index is -1.02. The van der Waals surface area contributed by atoms with Crippen LogP contribution in [0, 0.1) is 11.3 Å². The van der Waals surface area contributed by atoms with Crippen molar-refractivity contribution in [3.63, 3.8) is 0 Å². The number of nitrogens with zero attached hydrogens (tertiary/aromatic N) is 2. The van der Waals surface area contributed by atoms with Crippen LogP contribution in [0.25, 0.3) is 0 Å². The summed E-state index contributed by atoms with van der Waals surface area (Å²) in [6.45, 7) is 0.779. The topological polar surface area (TPSA) is 64.3 Å². The molecule has 0 unspecified atom stereocenters. The molecule has 0 bridgehead atoms. The molecule has 1 heterocycles. The van der Waals surface area contributed by atoms with E-state index in [4.69, 9.17) is 10.4 Å². The number of carboxylic acids is 1. The summed E-state index contributed by atoms with van der Waals surface area (Å²) in [6, 6.07) is 10.8. The third-order valence-electron chi connectivity index (χ3n) is 3.05. The molecule has 0 aliphatic rings. The zero-order valence-electron chi connectivity index (χ0n) is 11.0. The van der Waals surface area contributed by atoms with Gasteiger partial charge in [-0.15, -0.1) is 11.3 Å². The van der Waals surface area contributed by atoms with Gasteiger partial charge in [-0.2, -0.15) is 5.26 Å². The zero-order chi connectivity index (χ0) is 14.5. The van der Waals surface area contributed by atoms with Gasteiger partial charge in [0.25, 0.3) is 0 Å². The standard InChI is InChI=1S/C15H14N2O2S/c1-17(7-6-13-3-2-8-20-13)14-5-4-11(15(18)19)9-12(14)10-16/h2-5,8-9H,6-7H2,1H3,(H,18,19). The van der Waals surface area contributed by atoms with E-state index in [-0.39, 0.29) is 5.56 Å². The largest absolute Gasteiger partial charge is 0.478 e. The highest BCUT2D eigenvalue weighted by molar-refractivity contribution is 7.09. The van der Waals surface area contributed by atoms with E-state index in [1.807, 2.05) is 23.4 Å². The molecular weight excluding hydrogens is 272 g/mol. The number of thiophene rings is 1. The molecule has 20 heavy (non-hydrogen) atoms. The molecule has 0 saturated carbocycles. The summed E-state index contributed by atoms with van der Waals surface area (Å²) in [4.78, 5) is 14.2. The first-order chi connectivity index (χ1) is 9.61. The molecule has 0 saturated heterocycles. The Labute approximate surface area is 121 Å². The lowest BCUT2D eigenvalue weighted by Crippen LogP contribution is -2.21. The van der Waals surface area contributed by atoms with Crippen molar-refractivity contribution in [2.24, 2.45) is 0 Å². The number of hydrogen-bond donors (Lipinski definition) is 1. The Hall–Kier alpha value is -2.32. The van der Waals surface area contributed by atoms with Crippen LogP contribution in [0.15, 0.2) is 35.7 Å². The molecule has 2 aromatic rings. The molecule has 1 aromatic heterocycles. The van der Waals surface area contributed by atoms with Crippen molar-refractivity contribution in [1.29, 1.82) is 5.26 Å². The second-order valence-corrected chi connectivity index (χ2v) is 5.43. The molecule has 1 aromatic carbocycles. The molecule has 0 spiro atoms. The molecule has 1 N–H and O–H groups in total. The number of rotatable bonds is 5. The van der Waals surface area contributed by atoms with E-state index in [2.05, 4.69) is 12.1 Å². The first-order valence-electron chi connectivity index (χ1n) is 6.13. The predicted molar refractivity (Wildman–Crippen MR) is 79.4 cm³/mol. The molecule has 5 heteroatoms. The van der Waals surface area contributed by atoms with E-state index in [0.717, 1.165) is 18.7 Å². The van der Waals surface area contributed by atoms with Gasteiger partial charge in [0.1, 0.15) is 6.07 Å². The fraction of sp³-hybridized carbons (Fsp3) is 0.200. The van der Waals surface area contributed by atoms with Crippen LogP contribution in [-0.4, -0.2) is 24.7 Å². The number of nitriles is 1. The molecule has 0 radical (unpaired) electrons. The highest BCUT2D eigenvalue weighted by Crippen LogP contribution is 2.21. The van der Waals surface area contributed by atoms with E-state index in [0.29, 0.717) is 5.56 Å². The van der Waals surface area contributed by atoms with Crippen molar-refractivity contribution in [3.8, 4) is 6.07 Å². The van der Waals surface area contributed by atoms with Gasteiger partial charge in [-0.3, -0.25) is 0 Å². The average Bonchev–Trinajstić information content (AvgIpc) is 2.97. The summed E-state index contributed by atoms with van der Waals surface area (Å²) in [7, 11) is 1.91. The maximum Gasteiger partial charge on any atom is 0.335 e. The highest BCUT2D eigenvalue weighted by atomic mass is 32.1. The van der Waals surface area contributed by atoms with Crippen LogP contribution in [-0.2, 0) is 6.42 Å². The monoisotopic (exact) mass is 286 g/mol. The van der Waals surface area contributed by atoms with E-state index in [1.165, 1.54) is 17.0 Å². The van der Waals surface area contributed by atoms with Gasteiger partial charge >= 0.3 is 5.97 Å². The van der Waals surface area contributed by atoms with Crippen molar-refractivity contribution >= 4 is 23.0 Å². The van der Waals surface area contributed by atoms with Gasteiger partial charge in [0.2, 0.25) is 0 Å². The predicted octanol–water partition coefficient (Wildman–Crippen LogP) is 3.00. The van der Waals surface area contributed by atoms with Gasteiger partial charge in [0.15, 0.2) is 0 Å². The number of carbonyl (C=O) groups is 1. The van der Waals surface area contributed by atoms with Crippen LogP contribution in [0.1, 0.15) is 20.8 Å². The molecule has 0 atom stereocenters. The smallest absolute Gasteiger partial charge is 0.335 e. The van der Waals surface area contributed by atoms with Gasteiger partial charge in [0, 0.05) is 18.5 Å². The zero-order valence-corrected chi connectivity index (χ0v) is 11.9. The number of carboxylic acid groups (broad SMARTS) is 1. The summed E-state index contributed by atoms with van der Waals surface area (Å²) in [5.74, 6) is -1.02. The van der Waals surface area contributed by atoms with Crippen LogP contribution in [0.3, 0.4) is 0 Å². The average molecular weight is 286 g/mol. The van der Waals surface area contributed by atoms with E-state index >= 15 is 0 Å². The van der Waals surface area contributed by atoms with Gasteiger partial charge in [-0.05, 0) is 36.1 Å². The molecule has 0 amide bonds. The van der Waals surface area contributed by atoms with E-state index < -0.39 is 5.97 Å². The molecule has 0 aliphatic heterocycles. The van der Waals surface area contributed by atoms with Gasteiger partial charge in [-0.1, -0.05) is 6.07 Å². The number of aromatic carboxylic acids is 1. The van der Waals surface area contributed by atoms with Crippen molar-refractivity contribution in [2.45, 2.75) is 6.42 Å². The Morgan fingerprint density at radius 1 is 1.45 bits per heavy atom. The Morgan fingerprint density at radius 3 is 2.85 bits per heavy atom. The second-order valence-electron chi connectivity index (χ2n) is 4.40. The van der Waals surface area contributed by atoms with Crippen LogP contribution >= 0.6 is 11.3 Å². The van der Waals surface area contributed by atoms with Gasteiger partial charge in [-0.25, -0.2) is 4.79 Å². The van der Waals surface area contributed by atoms with Crippen molar-refractivity contribution < 1.29 is 9.90 Å². The van der Waals surface area contributed by atoms with Crippen LogP contribution in [0.2, 0.25) is 0 Å². The first kappa shape index (κ1) is 14.1. The Bertz CT molecular complexity index is 644. The Morgan fingerprint density at radius 2 is 2.25 bits per heavy atom. The number of likely N-dealkylation sites (N-methyl/N-ethyl adjacent to an activating group) is 1. The van der Waals surface area contributed by atoms with Crippen molar-refractivity contribution in [3.05, 3.63) is 51.7 Å². The number of benzene rings is 1. The fourth-order valence-corrected chi connectivity index (χ4v) is 2.64. The lowest BCUT2D eigenvalue weighted by atomic mass is 10.1. The summed E-state index contributed by atoms with van der Waals surface area (Å²) in [5, 5.41) is 20.1. The number of anilines is 1. The molecule has 102 valence electrons. The molecule has 0 aliphatic carbocycles. The minimum Gasteiger partial charge on any atom is -0.478 e. The van der Waals surface area contributed by atoms with Gasteiger partial charge < -0.3 is 10.0 Å². The highest BCUT2D eigenvalue weighted by Gasteiger charge is 2.11. The number of hydrogen-bond acceptors (Lipinski definition) is 4. The normalized spacial score (nSPS) is 10.0. The third-order valence-corrected chi connectivity index (χ3v) is 3.99. The van der Waals surface area contributed by atoms with Crippen LogP contribution in [0.5, 0.6) is 0 Å². The quantitative estimate of drug-likeness (QED) is 0.917. The molecule has 2 rings (SSSR count). The van der Waals surface area contributed by atoms with E-state index in [1.54, 1.807) is 17.4 Å². The maximum absolute atomic E-state index is 10.9. The van der Waals surface area contributed by atoms with Crippen LogP contribution < -0.4 is 4.90 Å². The summed E-state index contributed by atoms with van der Waals surface area (Å²) in [6.07, 6.45) is 0.902. The SMILES string of the molecule is CN(CCc1cccs1)c1ccc(C(=O)O)cc1C#N. The molecular formula is C15H14N2O2S. The first-order valence-corrected chi connectivity index (χ1v) is 7.00. The summed E-state index contributed by atoms with van der Waals surface area (Å²) < 4.78 is 0. The fourth-order valence-electron chi connectivity index (χ4n) is 1.94. The summed E-state index contributed by atoms with van der Waals surface area (Å²) >= 11 is 1.71. The van der Waals surface area contributed by atoms with E-state index in [9.17, 15) is 4.79 Å². The third kappa shape index (κ3) is 3.16. The van der Waals surface area contributed by atoms with Crippen molar-refractivity contribution in [2.75, 3.05) is 18.5 Å². The molecule has 0 fully saturated rings. The maximum atomic E-state index is 10.9. The lowest BCUT2D eigenvalue weighted by molar-refractivity contribution is 0.0697. The molecule has 4 nitrogen and oxygen atoms in total. The Kier molecular flexibility index (Phi) is 4.38. The van der Waals surface area contributed by atoms with Gasteiger partial charge in [0.05, 0.1) is 16.8 Å². The summed E-state index contributed by atoms with van der Waals surface area (Å²) in [5.41, 5.74) is 1.28. The second kappa shape index (κ2) is 6.22. The minimum absolute atomic E-state index is 0.136. The lowest BCUT2D eigenvalue weighted by Gasteiger charge is -2.20. The Balaban J connectivity index is 2.15. The van der Waals surface area contributed by atoms with Crippen molar-refractivity contribution in [1.82, 2.24) is 0 Å².